The molecule has 2 amide bonds. The van der Waals surface area contributed by atoms with Crippen LogP contribution in [0.25, 0.3) is 0 Å². The highest BCUT2D eigenvalue weighted by atomic mass is 32.2. The highest BCUT2D eigenvalue weighted by Gasteiger charge is 2.15. The molecule has 1 aromatic carbocycles. The van der Waals surface area contributed by atoms with E-state index in [4.69, 9.17) is 0 Å². The summed E-state index contributed by atoms with van der Waals surface area (Å²) in [4.78, 5) is 24.5. The normalized spacial score (nSPS) is 10.8. The average Bonchev–Trinajstić information content (AvgIpc) is 3.36. The Balaban J connectivity index is 1.55. The monoisotopic (exact) mass is 445 g/mol. The van der Waals surface area contributed by atoms with E-state index >= 15 is 0 Å². The SMILES string of the molecule is CCc1nnc(NC(=O)CSc2nnc(CNC(=O)c3cccc(C)c3)n2CC)s1. The van der Waals surface area contributed by atoms with Crippen molar-refractivity contribution in [2.24, 2.45) is 0 Å². The van der Waals surface area contributed by atoms with Crippen molar-refractivity contribution in [1.29, 1.82) is 0 Å². The van der Waals surface area contributed by atoms with Gasteiger partial charge in [-0.1, -0.05) is 47.7 Å². The Morgan fingerprint density at radius 3 is 2.70 bits per heavy atom. The maximum absolute atomic E-state index is 12.4. The van der Waals surface area contributed by atoms with Crippen LogP contribution in [-0.2, 0) is 24.3 Å². The van der Waals surface area contributed by atoms with E-state index in [1.54, 1.807) is 6.07 Å². The first kappa shape index (κ1) is 21.9. The van der Waals surface area contributed by atoms with Gasteiger partial charge < -0.3 is 9.88 Å². The van der Waals surface area contributed by atoms with Gasteiger partial charge in [0.25, 0.3) is 5.91 Å². The summed E-state index contributed by atoms with van der Waals surface area (Å²) < 4.78 is 1.88. The van der Waals surface area contributed by atoms with Crippen LogP contribution in [-0.4, -0.2) is 42.5 Å². The molecule has 0 bridgehead atoms. The Bertz CT molecular complexity index is 1030. The molecule has 0 fully saturated rings. The standard InChI is InChI=1S/C19H23N7O2S2/c1-4-16-23-24-18(30-16)21-15(27)11-29-19-25-22-14(26(19)5-2)10-20-17(28)13-8-6-7-12(3)9-13/h6-9H,4-5,10-11H2,1-3H3,(H,20,28)(H,21,24,27). The third-order valence-corrected chi connectivity index (χ3v) is 6.09. The minimum absolute atomic E-state index is 0.165. The molecule has 2 heterocycles. The van der Waals surface area contributed by atoms with Crippen molar-refractivity contribution < 1.29 is 9.59 Å². The van der Waals surface area contributed by atoms with Crippen LogP contribution in [0.3, 0.4) is 0 Å². The lowest BCUT2D eigenvalue weighted by atomic mass is 10.1. The summed E-state index contributed by atoms with van der Waals surface area (Å²) >= 11 is 2.65. The van der Waals surface area contributed by atoms with Crippen molar-refractivity contribution in [3.63, 3.8) is 0 Å². The van der Waals surface area contributed by atoms with E-state index in [0.29, 0.717) is 28.2 Å². The summed E-state index contributed by atoms with van der Waals surface area (Å²) in [6, 6.07) is 7.40. The number of amides is 2. The predicted molar refractivity (Wildman–Crippen MR) is 117 cm³/mol. The van der Waals surface area contributed by atoms with Gasteiger partial charge in [0.2, 0.25) is 11.0 Å². The Morgan fingerprint density at radius 1 is 1.17 bits per heavy atom. The number of carbonyl (C=O) groups is 2. The van der Waals surface area contributed by atoms with Crippen molar-refractivity contribution in [3.8, 4) is 0 Å². The lowest BCUT2D eigenvalue weighted by Gasteiger charge is -2.08. The molecule has 3 aromatic rings. The molecule has 0 spiro atoms. The summed E-state index contributed by atoms with van der Waals surface area (Å²) in [5.41, 5.74) is 1.63. The van der Waals surface area contributed by atoms with Gasteiger partial charge in [0, 0.05) is 12.1 Å². The summed E-state index contributed by atoms with van der Waals surface area (Å²) in [5, 5.41) is 23.9. The van der Waals surface area contributed by atoms with E-state index in [2.05, 4.69) is 31.0 Å². The van der Waals surface area contributed by atoms with Crippen LogP contribution in [0, 0.1) is 6.92 Å². The number of nitrogens with one attached hydrogen (secondary N) is 2. The first-order valence-electron chi connectivity index (χ1n) is 9.52. The summed E-state index contributed by atoms with van der Waals surface area (Å²) in [6.07, 6.45) is 0.783. The first-order valence-corrected chi connectivity index (χ1v) is 11.3. The molecule has 0 radical (unpaired) electrons. The molecule has 0 unspecified atom stereocenters. The van der Waals surface area contributed by atoms with Crippen molar-refractivity contribution in [3.05, 3.63) is 46.2 Å². The minimum Gasteiger partial charge on any atom is -0.345 e. The molecule has 2 aromatic heterocycles. The summed E-state index contributed by atoms with van der Waals surface area (Å²) in [6.45, 7) is 6.78. The van der Waals surface area contributed by atoms with Crippen LogP contribution in [0.15, 0.2) is 29.4 Å². The van der Waals surface area contributed by atoms with E-state index < -0.39 is 0 Å². The van der Waals surface area contributed by atoms with Gasteiger partial charge in [0.05, 0.1) is 12.3 Å². The van der Waals surface area contributed by atoms with Crippen LogP contribution in [0.5, 0.6) is 0 Å². The third kappa shape index (κ3) is 5.63. The number of hydrogen-bond acceptors (Lipinski definition) is 8. The number of rotatable bonds is 9. The van der Waals surface area contributed by atoms with Crippen molar-refractivity contribution in [1.82, 2.24) is 30.3 Å². The van der Waals surface area contributed by atoms with Crippen molar-refractivity contribution in [2.45, 2.75) is 45.4 Å². The largest absolute Gasteiger partial charge is 0.345 e. The fourth-order valence-electron chi connectivity index (χ4n) is 2.65. The lowest BCUT2D eigenvalue weighted by Crippen LogP contribution is -2.25. The molecule has 30 heavy (non-hydrogen) atoms. The van der Waals surface area contributed by atoms with E-state index in [1.165, 1.54) is 23.1 Å². The zero-order valence-corrected chi connectivity index (χ0v) is 18.6. The topological polar surface area (TPSA) is 115 Å². The maximum atomic E-state index is 12.4. The smallest absolute Gasteiger partial charge is 0.251 e. The van der Waals surface area contributed by atoms with E-state index in [-0.39, 0.29) is 24.1 Å². The molecular weight excluding hydrogens is 422 g/mol. The molecule has 0 aliphatic rings. The highest BCUT2D eigenvalue weighted by Crippen LogP contribution is 2.19. The number of nitrogens with zero attached hydrogens (tertiary/aromatic N) is 5. The van der Waals surface area contributed by atoms with Crippen molar-refractivity contribution >= 4 is 40.0 Å². The number of anilines is 1. The quantitative estimate of drug-likeness (QED) is 0.487. The second-order valence-electron chi connectivity index (χ2n) is 6.39. The van der Waals surface area contributed by atoms with E-state index in [0.717, 1.165) is 17.0 Å². The highest BCUT2D eigenvalue weighted by molar-refractivity contribution is 7.99. The minimum atomic E-state index is -0.182. The molecule has 158 valence electrons. The summed E-state index contributed by atoms with van der Waals surface area (Å²) in [5.74, 6) is 0.466. The average molecular weight is 446 g/mol. The molecule has 0 aliphatic carbocycles. The Labute approximate surface area is 182 Å². The number of aryl methyl sites for hydroxylation is 2. The molecule has 2 N–H and O–H groups in total. The fourth-order valence-corrected chi connectivity index (χ4v) is 4.17. The second kappa shape index (κ2) is 10.3. The molecule has 0 saturated heterocycles. The third-order valence-electron chi connectivity index (χ3n) is 4.15. The number of hydrogen-bond donors (Lipinski definition) is 2. The number of benzene rings is 1. The van der Waals surface area contributed by atoms with Gasteiger partial charge in [-0.2, -0.15) is 0 Å². The second-order valence-corrected chi connectivity index (χ2v) is 8.39. The molecule has 11 heteroatoms. The van der Waals surface area contributed by atoms with Gasteiger partial charge in [-0.25, -0.2) is 0 Å². The number of thioether (sulfide) groups is 1. The zero-order valence-electron chi connectivity index (χ0n) is 17.0. The van der Waals surface area contributed by atoms with Crippen LogP contribution < -0.4 is 10.6 Å². The molecule has 0 aliphatic heterocycles. The molecule has 0 saturated carbocycles. The Kier molecular flexibility index (Phi) is 7.52. The number of carbonyl (C=O) groups excluding carboxylic acids is 2. The molecule has 9 nitrogen and oxygen atoms in total. The maximum Gasteiger partial charge on any atom is 0.251 e. The van der Waals surface area contributed by atoms with Gasteiger partial charge in [-0.3, -0.25) is 14.9 Å². The Hall–Kier alpha value is -2.79. The van der Waals surface area contributed by atoms with Gasteiger partial charge in [0.15, 0.2) is 11.0 Å². The van der Waals surface area contributed by atoms with Crippen LogP contribution >= 0.6 is 23.1 Å². The van der Waals surface area contributed by atoms with E-state index in [9.17, 15) is 9.59 Å². The lowest BCUT2D eigenvalue weighted by molar-refractivity contribution is -0.113. The van der Waals surface area contributed by atoms with Gasteiger partial charge in [-0.05, 0) is 32.4 Å². The van der Waals surface area contributed by atoms with Gasteiger partial charge >= 0.3 is 0 Å². The fraction of sp³-hybridized carbons (Fsp3) is 0.368. The van der Waals surface area contributed by atoms with Crippen LogP contribution in [0.2, 0.25) is 0 Å². The van der Waals surface area contributed by atoms with Crippen LogP contribution in [0.1, 0.15) is 40.6 Å². The first-order chi connectivity index (χ1) is 14.5. The summed E-state index contributed by atoms with van der Waals surface area (Å²) in [7, 11) is 0. The zero-order chi connectivity index (χ0) is 21.5. The molecule has 3 rings (SSSR count). The Morgan fingerprint density at radius 2 is 2.00 bits per heavy atom. The van der Waals surface area contributed by atoms with Gasteiger partial charge in [-0.15, -0.1) is 20.4 Å². The van der Waals surface area contributed by atoms with Crippen molar-refractivity contribution in [2.75, 3.05) is 11.1 Å². The number of aromatic nitrogens is 5. The predicted octanol–water partition coefficient (Wildman–Crippen LogP) is 2.68. The van der Waals surface area contributed by atoms with Crippen LogP contribution in [0.4, 0.5) is 5.13 Å². The van der Waals surface area contributed by atoms with E-state index in [1.807, 2.05) is 43.5 Å². The molecular formula is C19H23N7O2S2. The molecule has 0 atom stereocenters. The van der Waals surface area contributed by atoms with Gasteiger partial charge in [0.1, 0.15) is 5.01 Å².